The summed E-state index contributed by atoms with van der Waals surface area (Å²) in [4.78, 5) is 0. The zero-order chi connectivity index (χ0) is 9.00. The minimum absolute atomic E-state index is 0. The molecule has 8 nitrogen and oxygen atoms in total. The molecule has 0 radical (unpaired) electrons. The molecule has 13 heavy (non-hydrogen) atoms. The summed E-state index contributed by atoms with van der Waals surface area (Å²) in [6.45, 7) is 0. The Morgan fingerprint density at radius 3 is 0.923 bits per heavy atom. The van der Waals surface area contributed by atoms with E-state index in [-0.39, 0.29) is 122 Å². The van der Waals surface area contributed by atoms with Gasteiger partial charge in [-0.15, -0.1) is 0 Å². The van der Waals surface area contributed by atoms with Gasteiger partial charge in [0.2, 0.25) is 0 Å². The molecule has 0 aromatic heterocycles. The van der Waals surface area contributed by atoms with E-state index >= 15 is 0 Å². The zero-order valence-corrected chi connectivity index (χ0v) is 9.84. The van der Waals surface area contributed by atoms with Gasteiger partial charge in [0, 0.05) is 19.5 Å². The molecule has 0 saturated carbocycles. The number of hydrogen-bond acceptors (Lipinski definition) is 5. The van der Waals surface area contributed by atoms with E-state index in [1.165, 1.54) is 0 Å². The van der Waals surface area contributed by atoms with E-state index in [1.54, 1.807) is 0 Å². The summed E-state index contributed by atoms with van der Waals surface area (Å²) in [6.07, 6.45) is 0. The van der Waals surface area contributed by atoms with Crippen LogP contribution in [0.15, 0.2) is 0 Å². The van der Waals surface area contributed by atoms with Crippen molar-refractivity contribution in [1.82, 2.24) is 0 Å². The molecule has 0 unspecified atom stereocenters. The predicted octanol–water partition coefficient (Wildman–Crippen LogP) is -2.87. The molecule has 0 aromatic rings. The van der Waals surface area contributed by atoms with Gasteiger partial charge in [-0.2, -0.15) is 8.42 Å². The second kappa shape index (κ2) is 13.7. The van der Waals surface area contributed by atoms with Gasteiger partial charge in [0.15, 0.2) is 0 Å². The summed E-state index contributed by atoms with van der Waals surface area (Å²) >= 11 is -5.38. The Hall–Kier alpha value is 3.65. The third-order valence-corrected chi connectivity index (χ3v) is 0. The molecule has 13 heteroatoms. The smallest absolute Gasteiger partial charge is 0 e. The standard InChI is InChI=1S/2K.Mn.H2O4S.H2O.3O.Zn.2H/c;;;1-5(2,3)4;;;;;;;/h;;;(H2,1,2,3,4);1H2;;;;;;/q;;+1;;;;;;;;/p-1. The minimum Gasteiger partial charge on any atom is 0 e. The third-order valence-electron chi connectivity index (χ3n) is 0. The van der Waals surface area contributed by atoms with Gasteiger partial charge in [-0.1, -0.05) is 0 Å². The fourth-order valence-electron chi connectivity index (χ4n) is 0. The van der Waals surface area contributed by atoms with Crippen LogP contribution in [0.1, 0.15) is 0 Å². The Morgan fingerprint density at radius 1 is 0.923 bits per heavy atom. The van der Waals surface area contributed by atoms with Crippen molar-refractivity contribution >= 4 is 113 Å². The van der Waals surface area contributed by atoms with Gasteiger partial charge >= 0.3 is 142 Å². The molecule has 3 N–H and O–H groups in total. The molecule has 0 saturated heterocycles. The minimum atomic E-state index is -5.38. The summed E-state index contributed by atoms with van der Waals surface area (Å²) in [5.41, 5.74) is 0. The molecular weight excluding hydrogens is 359 g/mol. The van der Waals surface area contributed by atoms with Crippen LogP contribution in [0.5, 0.6) is 0 Å². The fourth-order valence-corrected chi connectivity index (χ4v) is 0. The second-order valence-corrected chi connectivity index (χ2v) is 2.98. The first kappa shape index (κ1) is 30.0. The molecule has 0 aliphatic carbocycles. The largest absolute Gasteiger partial charge is 0 e. The fraction of sp³-hybridized carbons (Fsp3) is 0. The van der Waals surface area contributed by atoms with Gasteiger partial charge in [-0.05, 0) is 0 Å². The van der Waals surface area contributed by atoms with Crippen LogP contribution in [0.25, 0.3) is 0 Å². The molecule has 0 bridgehead atoms. The molecule has 0 fully saturated rings. The average molecular weight is 364 g/mol. The molecule has 0 rings (SSSR count). The molecule has 70 valence electrons. The topological polar surface area (TPSA) is 146 Å². The SMILES string of the molecule is O=S(=O)(O)O.[KH].[KH].[O]=[Mn](=[O])(=[O])[OH].[Zn]. The van der Waals surface area contributed by atoms with E-state index in [4.69, 9.17) is 33.2 Å². The van der Waals surface area contributed by atoms with Crippen LogP contribution in [0.3, 0.4) is 0 Å². The Labute approximate surface area is 174 Å². The van der Waals surface area contributed by atoms with Gasteiger partial charge in [-0.3, -0.25) is 9.11 Å². The summed E-state index contributed by atoms with van der Waals surface area (Å²) in [6, 6.07) is 0. The van der Waals surface area contributed by atoms with E-state index in [1.807, 2.05) is 0 Å². The summed E-state index contributed by atoms with van der Waals surface area (Å²) < 4.78 is 64.6. The molecule has 0 aromatic carbocycles. The van der Waals surface area contributed by atoms with E-state index in [0.717, 1.165) is 0 Å². The van der Waals surface area contributed by atoms with Crippen molar-refractivity contribution in [1.29, 1.82) is 0 Å². The van der Waals surface area contributed by atoms with Crippen LogP contribution in [0, 0.1) is 0 Å². The van der Waals surface area contributed by atoms with Gasteiger partial charge in [-0.25, -0.2) is 0 Å². The Balaban J connectivity index is -0.0000000267. The summed E-state index contributed by atoms with van der Waals surface area (Å²) in [7, 11) is -4.67. The monoisotopic (exact) mass is 362 g/mol. The molecule has 0 spiro atoms. The van der Waals surface area contributed by atoms with Crippen LogP contribution < -0.4 is 0 Å². The van der Waals surface area contributed by atoms with Crippen LogP contribution in [-0.2, 0) is 54.4 Å². The first-order valence-corrected chi connectivity index (χ1v) is 4.70. The Bertz CT molecular complexity index is 297. The zero-order valence-electron chi connectivity index (χ0n) is 4.88. The Morgan fingerprint density at radius 2 is 0.923 bits per heavy atom. The first-order chi connectivity index (χ1) is 4.00. The second-order valence-electron chi connectivity index (χ2n) is 0.844. The van der Waals surface area contributed by atoms with E-state index in [0.29, 0.717) is 0 Å². The van der Waals surface area contributed by atoms with Crippen molar-refractivity contribution in [2.45, 2.75) is 0 Å². The maximum atomic E-state index is 8.74. The number of rotatable bonds is 0. The van der Waals surface area contributed by atoms with Crippen molar-refractivity contribution in [3.63, 3.8) is 0 Å². The molecule has 0 aliphatic heterocycles. The quantitative estimate of drug-likeness (QED) is 0.307. The molecule has 0 amide bonds. The van der Waals surface area contributed by atoms with E-state index < -0.39 is 23.4 Å². The van der Waals surface area contributed by atoms with Crippen LogP contribution >= 0.6 is 0 Å². The van der Waals surface area contributed by atoms with Crippen molar-refractivity contribution in [2.24, 2.45) is 0 Å². The van der Waals surface area contributed by atoms with Gasteiger partial charge in [0.05, 0.1) is 0 Å². The van der Waals surface area contributed by atoms with Crippen molar-refractivity contribution in [2.75, 3.05) is 0 Å². The normalized spacial score (nSPS) is 8.85. The molecule has 0 heterocycles. The summed E-state index contributed by atoms with van der Waals surface area (Å²) in [5, 5.41) is 0. The molecule has 0 atom stereocenters. The third kappa shape index (κ3) is 219. The van der Waals surface area contributed by atoms with Crippen LogP contribution in [0.2, 0.25) is 0 Å². The van der Waals surface area contributed by atoms with E-state index in [9.17, 15) is 0 Å². The van der Waals surface area contributed by atoms with Crippen molar-refractivity contribution in [3.05, 3.63) is 0 Å². The molecule has 0 aliphatic rings. The average Bonchev–Trinajstić information content (AvgIpc) is 1.12. The maximum absolute atomic E-state index is 8.74. The first-order valence-electron chi connectivity index (χ1n) is 1.33. The summed E-state index contributed by atoms with van der Waals surface area (Å²) in [5.74, 6) is 0. The maximum Gasteiger partial charge on any atom is 0 e. The number of hydrogen-bond donors (Lipinski definition) is 3. The van der Waals surface area contributed by atoms with Gasteiger partial charge in [0.25, 0.3) is 0 Å². The van der Waals surface area contributed by atoms with Crippen LogP contribution in [0.4, 0.5) is 0 Å². The van der Waals surface area contributed by atoms with E-state index in [2.05, 4.69) is 0 Å². The van der Waals surface area contributed by atoms with Crippen LogP contribution in [-0.4, -0.2) is 124 Å². The van der Waals surface area contributed by atoms with Gasteiger partial charge < -0.3 is 0 Å². The van der Waals surface area contributed by atoms with Gasteiger partial charge in [0.1, 0.15) is 0 Å². The molecular formula is H5K2MnO8SZn. The Kier molecular flexibility index (Phi) is 31.7. The van der Waals surface area contributed by atoms with Crippen molar-refractivity contribution in [3.8, 4) is 0 Å². The predicted molar refractivity (Wildman–Crippen MR) is 32.8 cm³/mol. The van der Waals surface area contributed by atoms with Crippen molar-refractivity contribution < 1.29 is 65.7 Å².